The molecule has 1 heterocycles. The number of aryl methyl sites for hydroxylation is 1. The van der Waals surface area contributed by atoms with Gasteiger partial charge in [0.05, 0.1) is 6.26 Å². The van der Waals surface area contributed by atoms with Gasteiger partial charge < -0.3 is 14.5 Å². The monoisotopic (exact) mass is 291 g/mol. The summed E-state index contributed by atoms with van der Waals surface area (Å²) in [6.07, 6.45) is 1.72. The smallest absolute Gasteiger partial charge is 0.146 e. The maximum absolute atomic E-state index is 13.4. The summed E-state index contributed by atoms with van der Waals surface area (Å²) in [5, 5.41) is 3.39. The van der Waals surface area contributed by atoms with Gasteiger partial charge in [-0.1, -0.05) is 6.07 Å². The van der Waals surface area contributed by atoms with Crippen molar-refractivity contribution in [2.75, 3.05) is 0 Å². The van der Waals surface area contributed by atoms with E-state index in [1.165, 1.54) is 6.07 Å². The summed E-state index contributed by atoms with van der Waals surface area (Å²) in [6, 6.07) is 6.79. The van der Waals surface area contributed by atoms with Gasteiger partial charge in [-0.2, -0.15) is 0 Å². The number of nitrogens with one attached hydrogen (secondary N) is 1. The van der Waals surface area contributed by atoms with Gasteiger partial charge in [-0.25, -0.2) is 4.39 Å². The van der Waals surface area contributed by atoms with E-state index in [1.807, 2.05) is 6.07 Å². The average Bonchev–Trinajstić information content (AvgIpc) is 2.85. The average molecular weight is 291 g/mol. The van der Waals surface area contributed by atoms with Crippen molar-refractivity contribution >= 4 is 0 Å². The highest BCUT2D eigenvalue weighted by atomic mass is 19.1. The molecular weight excluding hydrogens is 269 g/mol. The first-order chi connectivity index (χ1) is 9.83. The number of furan rings is 1. The fraction of sp³-hybridized carbons (Fsp3) is 0.412. The van der Waals surface area contributed by atoms with Crippen LogP contribution in [0.1, 0.15) is 37.7 Å². The van der Waals surface area contributed by atoms with Gasteiger partial charge in [0.1, 0.15) is 23.9 Å². The van der Waals surface area contributed by atoms with Crippen LogP contribution >= 0.6 is 0 Å². The largest absolute Gasteiger partial charge is 0.486 e. The van der Waals surface area contributed by atoms with E-state index in [2.05, 4.69) is 26.1 Å². The molecule has 0 saturated carbocycles. The van der Waals surface area contributed by atoms with Crippen LogP contribution < -0.4 is 10.1 Å². The number of hydrogen-bond donors (Lipinski definition) is 1. The third-order valence-corrected chi connectivity index (χ3v) is 3.06. The second-order valence-corrected chi connectivity index (χ2v) is 6.22. The number of rotatable bonds is 5. The Bertz CT molecular complexity index is 599. The lowest BCUT2D eigenvalue weighted by Crippen LogP contribution is -2.34. The predicted octanol–water partition coefficient (Wildman–Crippen LogP) is 4.19. The van der Waals surface area contributed by atoms with Crippen molar-refractivity contribution in [2.24, 2.45) is 0 Å². The van der Waals surface area contributed by atoms with Crippen molar-refractivity contribution in [1.82, 2.24) is 5.32 Å². The molecule has 0 bridgehead atoms. The Kier molecular flexibility index (Phi) is 4.68. The van der Waals surface area contributed by atoms with Crippen LogP contribution in [-0.2, 0) is 13.2 Å². The van der Waals surface area contributed by atoms with Crippen molar-refractivity contribution in [1.29, 1.82) is 0 Å². The number of benzene rings is 1. The quantitative estimate of drug-likeness (QED) is 0.896. The van der Waals surface area contributed by atoms with Crippen molar-refractivity contribution < 1.29 is 13.5 Å². The van der Waals surface area contributed by atoms with Crippen LogP contribution in [0.2, 0.25) is 0 Å². The van der Waals surface area contributed by atoms with Gasteiger partial charge in [-0.3, -0.25) is 0 Å². The predicted molar refractivity (Wildman–Crippen MR) is 80.8 cm³/mol. The molecule has 3 nitrogen and oxygen atoms in total. The SMILES string of the molecule is Cc1ccc(OCc2cc(CNC(C)(C)C)co2)cc1F. The molecule has 0 fully saturated rings. The highest BCUT2D eigenvalue weighted by Gasteiger charge is 2.10. The molecule has 0 radical (unpaired) electrons. The molecule has 4 heteroatoms. The third-order valence-electron chi connectivity index (χ3n) is 3.06. The summed E-state index contributed by atoms with van der Waals surface area (Å²) >= 11 is 0. The Morgan fingerprint density at radius 3 is 2.67 bits per heavy atom. The summed E-state index contributed by atoms with van der Waals surface area (Å²) in [5.41, 5.74) is 1.74. The van der Waals surface area contributed by atoms with Crippen molar-refractivity contribution in [3.8, 4) is 5.75 Å². The van der Waals surface area contributed by atoms with Gasteiger partial charge >= 0.3 is 0 Å². The highest BCUT2D eigenvalue weighted by molar-refractivity contribution is 5.28. The van der Waals surface area contributed by atoms with Gasteiger partial charge in [-0.15, -0.1) is 0 Å². The minimum absolute atomic E-state index is 0.0629. The molecule has 0 saturated heterocycles. The molecule has 0 amide bonds. The molecule has 0 spiro atoms. The van der Waals surface area contributed by atoms with Crippen LogP contribution in [0, 0.1) is 12.7 Å². The van der Waals surface area contributed by atoms with E-state index in [0.29, 0.717) is 11.3 Å². The Morgan fingerprint density at radius 2 is 2.00 bits per heavy atom. The maximum Gasteiger partial charge on any atom is 0.146 e. The number of hydrogen-bond acceptors (Lipinski definition) is 3. The summed E-state index contributed by atoms with van der Waals surface area (Å²) in [6.45, 7) is 9.10. The molecule has 0 aliphatic rings. The summed E-state index contributed by atoms with van der Waals surface area (Å²) in [7, 11) is 0. The van der Waals surface area contributed by atoms with E-state index in [1.54, 1.807) is 25.3 Å². The Balaban J connectivity index is 1.89. The molecular formula is C17H22FNO2. The van der Waals surface area contributed by atoms with Crippen LogP contribution in [0.5, 0.6) is 5.75 Å². The van der Waals surface area contributed by atoms with Gasteiger partial charge in [0.25, 0.3) is 0 Å². The Morgan fingerprint density at radius 1 is 1.24 bits per heavy atom. The van der Waals surface area contributed by atoms with Crippen molar-refractivity contribution in [2.45, 2.75) is 46.4 Å². The number of ether oxygens (including phenoxy) is 1. The van der Waals surface area contributed by atoms with Gasteiger partial charge in [0.2, 0.25) is 0 Å². The van der Waals surface area contributed by atoms with Gasteiger partial charge in [0, 0.05) is 23.7 Å². The lowest BCUT2D eigenvalue weighted by Gasteiger charge is -2.19. The minimum atomic E-state index is -0.262. The highest BCUT2D eigenvalue weighted by Crippen LogP contribution is 2.18. The zero-order chi connectivity index (χ0) is 15.5. The van der Waals surface area contributed by atoms with E-state index < -0.39 is 0 Å². The molecule has 0 aliphatic heterocycles. The molecule has 114 valence electrons. The third kappa shape index (κ3) is 4.90. The zero-order valence-corrected chi connectivity index (χ0v) is 13.0. The molecule has 0 aliphatic carbocycles. The van der Waals surface area contributed by atoms with E-state index in [0.717, 1.165) is 17.9 Å². The fourth-order valence-corrected chi connectivity index (χ4v) is 1.78. The minimum Gasteiger partial charge on any atom is -0.486 e. The molecule has 0 atom stereocenters. The second kappa shape index (κ2) is 6.31. The maximum atomic E-state index is 13.4. The molecule has 1 N–H and O–H groups in total. The van der Waals surface area contributed by atoms with Crippen LogP contribution in [0.3, 0.4) is 0 Å². The topological polar surface area (TPSA) is 34.4 Å². The summed E-state index contributed by atoms with van der Waals surface area (Å²) in [4.78, 5) is 0. The Hall–Kier alpha value is -1.81. The summed E-state index contributed by atoms with van der Waals surface area (Å²) < 4.78 is 24.4. The molecule has 2 aromatic rings. The Labute approximate surface area is 125 Å². The molecule has 21 heavy (non-hydrogen) atoms. The first-order valence-electron chi connectivity index (χ1n) is 7.04. The lowest BCUT2D eigenvalue weighted by molar-refractivity contribution is 0.269. The van der Waals surface area contributed by atoms with Gasteiger partial charge in [0.15, 0.2) is 0 Å². The van der Waals surface area contributed by atoms with Crippen molar-refractivity contribution in [3.05, 3.63) is 53.2 Å². The summed E-state index contributed by atoms with van der Waals surface area (Å²) in [5.74, 6) is 0.965. The first kappa shape index (κ1) is 15.6. The van der Waals surface area contributed by atoms with Crippen molar-refractivity contribution in [3.63, 3.8) is 0 Å². The van der Waals surface area contributed by atoms with Crippen LogP contribution in [-0.4, -0.2) is 5.54 Å². The van der Waals surface area contributed by atoms with Crippen LogP contribution in [0.15, 0.2) is 34.9 Å². The zero-order valence-electron chi connectivity index (χ0n) is 13.0. The fourth-order valence-electron chi connectivity index (χ4n) is 1.78. The molecule has 1 aromatic heterocycles. The van der Waals surface area contributed by atoms with E-state index in [-0.39, 0.29) is 18.0 Å². The first-order valence-corrected chi connectivity index (χ1v) is 7.04. The van der Waals surface area contributed by atoms with E-state index in [4.69, 9.17) is 9.15 Å². The molecule has 2 rings (SSSR count). The van der Waals surface area contributed by atoms with Crippen LogP contribution in [0.25, 0.3) is 0 Å². The normalized spacial score (nSPS) is 11.7. The molecule has 0 unspecified atom stereocenters. The number of halogens is 1. The van der Waals surface area contributed by atoms with Crippen LogP contribution in [0.4, 0.5) is 4.39 Å². The van der Waals surface area contributed by atoms with E-state index >= 15 is 0 Å². The molecule has 1 aromatic carbocycles. The second-order valence-electron chi connectivity index (χ2n) is 6.22. The van der Waals surface area contributed by atoms with E-state index in [9.17, 15) is 4.39 Å². The van der Waals surface area contributed by atoms with Gasteiger partial charge in [-0.05, 0) is 45.4 Å². The standard InChI is InChI=1S/C17H22FNO2/c1-12-5-6-14(8-16(12)18)21-11-15-7-13(10-20-15)9-19-17(2,3)4/h5-8,10,19H,9,11H2,1-4H3. The lowest BCUT2D eigenvalue weighted by atomic mass is 10.1.